The van der Waals surface area contributed by atoms with Crippen LogP contribution in [-0.2, 0) is 11.2 Å². The Morgan fingerprint density at radius 1 is 1.44 bits per heavy atom. The first-order valence-electron chi connectivity index (χ1n) is 4.69. The van der Waals surface area contributed by atoms with Crippen molar-refractivity contribution in [3.63, 3.8) is 0 Å². The third kappa shape index (κ3) is 3.40. The van der Waals surface area contributed by atoms with E-state index in [9.17, 15) is 9.90 Å². The Kier molecular flexibility index (Phi) is 5.27. The van der Waals surface area contributed by atoms with E-state index in [-0.39, 0.29) is 24.6 Å². The highest BCUT2D eigenvalue weighted by atomic mass is 35.5. The number of rotatable bonds is 3. The number of hydrogen-bond acceptors (Lipinski definition) is 3. The molecular weight excluding hydrogens is 230 g/mol. The molecule has 0 amide bonds. The summed E-state index contributed by atoms with van der Waals surface area (Å²) >= 11 is 0. The molecule has 16 heavy (non-hydrogen) atoms. The topological polar surface area (TPSA) is 83.6 Å². The van der Waals surface area contributed by atoms with Gasteiger partial charge in [-0.05, 0) is 36.6 Å². The van der Waals surface area contributed by atoms with E-state index in [0.29, 0.717) is 5.56 Å². The zero-order chi connectivity index (χ0) is 11.6. The summed E-state index contributed by atoms with van der Waals surface area (Å²) < 4.78 is 0. The molecule has 0 aromatic heterocycles. The molecule has 0 unspecified atom stereocenters. The number of nitrogens with two attached hydrogens (primary N) is 1. The molecule has 4 N–H and O–H groups in total. The lowest BCUT2D eigenvalue weighted by molar-refractivity contribution is -0.138. The third-order valence-electron chi connectivity index (χ3n) is 2.33. The van der Waals surface area contributed by atoms with Crippen molar-refractivity contribution in [2.24, 2.45) is 5.73 Å². The smallest absolute Gasteiger partial charge is 0.320 e. The quantitative estimate of drug-likeness (QED) is 0.751. The molecule has 0 aliphatic rings. The second-order valence-electron chi connectivity index (χ2n) is 3.73. The fourth-order valence-corrected chi connectivity index (χ4v) is 1.55. The average Bonchev–Trinajstić information content (AvgIpc) is 2.10. The number of aryl methyl sites for hydroxylation is 2. The van der Waals surface area contributed by atoms with Gasteiger partial charge < -0.3 is 15.9 Å². The highest BCUT2D eigenvalue weighted by molar-refractivity contribution is 5.85. The summed E-state index contributed by atoms with van der Waals surface area (Å²) in [6.45, 7) is 3.70. The molecule has 0 saturated carbocycles. The van der Waals surface area contributed by atoms with Gasteiger partial charge >= 0.3 is 5.97 Å². The summed E-state index contributed by atoms with van der Waals surface area (Å²) in [5, 5.41) is 18.3. The van der Waals surface area contributed by atoms with Crippen molar-refractivity contribution >= 4 is 18.4 Å². The standard InChI is InChI=1S/C11H15NO3.ClH/c1-6-3-7(2)8(10(13)4-6)5-9(12)11(14)15;/h3-4,9,13H,5,12H2,1-2H3,(H,14,15);1H/t9-;/m1./s1. The Hall–Kier alpha value is -1.26. The van der Waals surface area contributed by atoms with Gasteiger partial charge in [-0.15, -0.1) is 12.4 Å². The highest BCUT2D eigenvalue weighted by Gasteiger charge is 2.16. The number of aliphatic carboxylic acids is 1. The van der Waals surface area contributed by atoms with Crippen LogP contribution in [-0.4, -0.2) is 22.2 Å². The Bertz CT molecular complexity index is 370. The predicted molar refractivity (Wildman–Crippen MR) is 64.1 cm³/mol. The van der Waals surface area contributed by atoms with Crippen molar-refractivity contribution in [1.29, 1.82) is 0 Å². The van der Waals surface area contributed by atoms with Crippen molar-refractivity contribution in [3.8, 4) is 5.75 Å². The van der Waals surface area contributed by atoms with Crippen LogP contribution in [0.1, 0.15) is 16.7 Å². The van der Waals surface area contributed by atoms with Gasteiger partial charge in [-0.2, -0.15) is 0 Å². The van der Waals surface area contributed by atoms with Gasteiger partial charge in [-0.1, -0.05) is 6.07 Å². The molecule has 1 aromatic carbocycles. The summed E-state index contributed by atoms with van der Waals surface area (Å²) in [6, 6.07) is 2.53. The van der Waals surface area contributed by atoms with E-state index in [0.717, 1.165) is 11.1 Å². The highest BCUT2D eigenvalue weighted by Crippen LogP contribution is 2.24. The van der Waals surface area contributed by atoms with Gasteiger partial charge in [0.05, 0.1) is 0 Å². The number of phenolic OH excluding ortho intramolecular Hbond substituents is 1. The zero-order valence-corrected chi connectivity index (χ0v) is 10.0. The maximum Gasteiger partial charge on any atom is 0.320 e. The molecule has 0 spiro atoms. The van der Waals surface area contributed by atoms with Crippen LogP contribution < -0.4 is 5.73 Å². The molecule has 0 aliphatic heterocycles. The monoisotopic (exact) mass is 245 g/mol. The molecule has 1 aromatic rings. The van der Waals surface area contributed by atoms with Crippen LogP contribution in [0.3, 0.4) is 0 Å². The molecule has 0 saturated heterocycles. The zero-order valence-electron chi connectivity index (χ0n) is 9.23. The van der Waals surface area contributed by atoms with E-state index in [1.54, 1.807) is 6.07 Å². The van der Waals surface area contributed by atoms with Crippen LogP contribution in [0.2, 0.25) is 0 Å². The van der Waals surface area contributed by atoms with Crippen molar-refractivity contribution in [3.05, 3.63) is 28.8 Å². The van der Waals surface area contributed by atoms with Crippen LogP contribution in [0.15, 0.2) is 12.1 Å². The Labute approximate surface area is 100 Å². The first kappa shape index (κ1) is 14.7. The molecule has 0 aliphatic carbocycles. The van der Waals surface area contributed by atoms with Crippen molar-refractivity contribution in [1.82, 2.24) is 0 Å². The van der Waals surface area contributed by atoms with Gasteiger partial charge in [0.15, 0.2) is 0 Å². The van der Waals surface area contributed by atoms with Crippen LogP contribution in [0.25, 0.3) is 0 Å². The van der Waals surface area contributed by atoms with Crippen LogP contribution in [0, 0.1) is 13.8 Å². The summed E-state index contributed by atoms with van der Waals surface area (Å²) in [5.74, 6) is -0.946. The number of phenols is 1. The van der Waals surface area contributed by atoms with Crippen molar-refractivity contribution in [2.45, 2.75) is 26.3 Å². The number of hydrogen-bond donors (Lipinski definition) is 3. The second-order valence-corrected chi connectivity index (χ2v) is 3.73. The van der Waals surface area contributed by atoms with Crippen molar-refractivity contribution in [2.75, 3.05) is 0 Å². The van der Waals surface area contributed by atoms with Gasteiger partial charge in [-0.25, -0.2) is 0 Å². The van der Waals surface area contributed by atoms with Gasteiger partial charge in [-0.3, -0.25) is 4.79 Å². The second kappa shape index (κ2) is 5.72. The molecule has 0 heterocycles. The maximum atomic E-state index is 10.6. The minimum Gasteiger partial charge on any atom is -0.508 e. The first-order valence-corrected chi connectivity index (χ1v) is 4.69. The van der Waals surface area contributed by atoms with E-state index in [2.05, 4.69) is 0 Å². The van der Waals surface area contributed by atoms with Crippen LogP contribution >= 0.6 is 12.4 Å². The van der Waals surface area contributed by atoms with E-state index < -0.39 is 12.0 Å². The largest absolute Gasteiger partial charge is 0.508 e. The molecule has 5 heteroatoms. The lowest BCUT2D eigenvalue weighted by Crippen LogP contribution is -2.32. The summed E-state index contributed by atoms with van der Waals surface area (Å²) in [4.78, 5) is 10.6. The Morgan fingerprint density at radius 2 is 2.00 bits per heavy atom. The maximum absolute atomic E-state index is 10.6. The normalized spacial score (nSPS) is 11.7. The van der Waals surface area contributed by atoms with E-state index in [1.165, 1.54) is 0 Å². The van der Waals surface area contributed by atoms with Gasteiger partial charge in [0.1, 0.15) is 11.8 Å². The molecule has 0 fully saturated rings. The van der Waals surface area contributed by atoms with Crippen LogP contribution in [0.4, 0.5) is 0 Å². The summed E-state index contributed by atoms with van der Waals surface area (Å²) in [7, 11) is 0. The first-order chi connectivity index (χ1) is 6.91. The Balaban J connectivity index is 0.00000225. The lowest BCUT2D eigenvalue weighted by Gasteiger charge is -2.12. The van der Waals surface area contributed by atoms with E-state index in [4.69, 9.17) is 10.8 Å². The number of halogens is 1. The number of benzene rings is 1. The average molecular weight is 246 g/mol. The molecule has 1 rings (SSSR count). The number of carboxylic acid groups (broad SMARTS) is 1. The minimum atomic E-state index is -1.06. The van der Waals surface area contributed by atoms with Gasteiger partial charge in [0.25, 0.3) is 0 Å². The lowest BCUT2D eigenvalue weighted by atomic mass is 9.98. The molecule has 4 nitrogen and oxygen atoms in total. The number of aromatic hydroxyl groups is 1. The van der Waals surface area contributed by atoms with Gasteiger partial charge in [0.2, 0.25) is 0 Å². The summed E-state index contributed by atoms with van der Waals surface area (Å²) in [6.07, 6.45) is 0.146. The van der Waals surface area contributed by atoms with Crippen LogP contribution in [0.5, 0.6) is 5.75 Å². The van der Waals surface area contributed by atoms with E-state index >= 15 is 0 Å². The number of carboxylic acids is 1. The molecule has 90 valence electrons. The SMILES string of the molecule is Cc1cc(C)c(C[C@@H](N)C(=O)O)c(O)c1.Cl. The van der Waals surface area contributed by atoms with Gasteiger partial charge in [0, 0.05) is 6.42 Å². The van der Waals surface area contributed by atoms with E-state index in [1.807, 2.05) is 19.9 Å². The Morgan fingerprint density at radius 3 is 2.44 bits per heavy atom. The molecule has 0 bridgehead atoms. The molecule has 0 radical (unpaired) electrons. The number of carbonyl (C=O) groups is 1. The minimum absolute atomic E-state index is 0. The molecule has 1 atom stereocenters. The predicted octanol–water partition coefficient (Wildman–Crippen LogP) is 1.39. The fourth-order valence-electron chi connectivity index (χ4n) is 1.55. The van der Waals surface area contributed by atoms with Crippen molar-refractivity contribution < 1.29 is 15.0 Å². The fraction of sp³-hybridized carbons (Fsp3) is 0.364. The molecular formula is C11H16ClNO3. The third-order valence-corrected chi connectivity index (χ3v) is 2.33. The summed E-state index contributed by atoms with van der Waals surface area (Å²) in [5.41, 5.74) is 7.83.